The summed E-state index contributed by atoms with van der Waals surface area (Å²) in [7, 11) is -3.48. The predicted octanol–water partition coefficient (Wildman–Crippen LogP) is 2.66. The molecular weight excluding hydrogens is 272 g/mol. The molecule has 0 saturated carbocycles. The van der Waals surface area contributed by atoms with Gasteiger partial charge >= 0.3 is 0 Å². The number of anilines is 1. The standard InChI is InChI=1S/C15H22N2O2S/c1-11-9-14(16)10-15(12(11)2)20(18,19)17-8-7-13-5-3-4-6-13/h5,9-10,17H,3-4,6-8,16H2,1-2H3. The summed E-state index contributed by atoms with van der Waals surface area (Å²) >= 11 is 0. The third kappa shape index (κ3) is 3.41. The van der Waals surface area contributed by atoms with Gasteiger partial charge in [-0.05, 0) is 62.8 Å². The summed E-state index contributed by atoms with van der Waals surface area (Å²) in [5.41, 5.74) is 9.23. The molecule has 0 atom stereocenters. The Morgan fingerprint density at radius 3 is 2.70 bits per heavy atom. The van der Waals surface area contributed by atoms with Gasteiger partial charge in [0.05, 0.1) is 4.90 Å². The summed E-state index contributed by atoms with van der Waals surface area (Å²) in [4.78, 5) is 0.287. The van der Waals surface area contributed by atoms with Gasteiger partial charge in [0.25, 0.3) is 0 Å². The minimum absolute atomic E-state index is 0.287. The molecule has 1 aromatic rings. The molecule has 3 N–H and O–H groups in total. The molecule has 0 saturated heterocycles. The molecule has 0 aromatic heterocycles. The molecule has 0 fully saturated rings. The van der Waals surface area contributed by atoms with E-state index in [0.717, 1.165) is 30.4 Å². The van der Waals surface area contributed by atoms with Gasteiger partial charge in [0.1, 0.15) is 0 Å². The van der Waals surface area contributed by atoms with Crippen molar-refractivity contribution in [2.45, 2.75) is 44.4 Å². The Bertz CT molecular complexity index is 634. The zero-order valence-electron chi connectivity index (χ0n) is 12.1. The van der Waals surface area contributed by atoms with E-state index >= 15 is 0 Å². The monoisotopic (exact) mass is 294 g/mol. The highest BCUT2D eigenvalue weighted by molar-refractivity contribution is 7.89. The largest absolute Gasteiger partial charge is 0.399 e. The molecule has 110 valence electrons. The molecule has 0 bridgehead atoms. The Hall–Kier alpha value is -1.33. The third-order valence-electron chi connectivity index (χ3n) is 3.80. The lowest BCUT2D eigenvalue weighted by atomic mass is 10.1. The van der Waals surface area contributed by atoms with Gasteiger partial charge in [-0.3, -0.25) is 0 Å². The first-order chi connectivity index (χ1) is 9.40. The van der Waals surface area contributed by atoms with Crippen LogP contribution in [0.25, 0.3) is 0 Å². The zero-order valence-corrected chi connectivity index (χ0v) is 12.9. The van der Waals surface area contributed by atoms with E-state index in [-0.39, 0.29) is 4.90 Å². The minimum atomic E-state index is -3.48. The number of nitrogen functional groups attached to an aromatic ring is 1. The molecule has 4 nitrogen and oxygen atoms in total. The first-order valence-corrected chi connectivity index (χ1v) is 8.43. The van der Waals surface area contributed by atoms with Crippen LogP contribution in [0, 0.1) is 13.8 Å². The zero-order chi connectivity index (χ0) is 14.8. The molecule has 0 heterocycles. The maximum absolute atomic E-state index is 12.3. The topological polar surface area (TPSA) is 72.2 Å². The van der Waals surface area contributed by atoms with Crippen molar-refractivity contribution in [3.05, 3.63) is 34.9 Å². The SMILES string of the molecule is Cc1cc(N)cc(S(=O)(=O)NCCC2=CCCC2)c1C. The van der Waals surface area contributed by atoms with Gasteiger partial charge in [0, 0.05) is 12.2 Å². The molecule has 20 heavy (non-hydrogen) atoms. The van der Waals surface area contributed by atoms with E-state index in [1.54, 1.807) is 6.07 Å². The van der Waals surface area contributed by atoms with Gasteiger partial charge in [-0.1, -0.05) is 11.6 Å². The second kappa shape index (κ2) is 5.97. The summed E-state index contributed by atoms with van der Waals surface area (Å²) in [6.45, 7) is 4.12. The van der Waals surface area contributed by atoms with E-state index in [1.807, 2.05) is 13.8 Å². The summed E-state index contributed by atoms with van der Waals surface area (Å²) in [5.74, 6) is 0. The van der Waals surface area contributed by atoms with Gasteiger partial charge in [0.15, 0.2) is 0 Å². The van der Waals surface area contributed by atoms with Crippen molar-refractivity contribution in [1.82, 2.24) is 4.72 Å². The minimum Gasteiger partial charge on any atom is -0.399 e. The highest BCUT2D eigenvalue weighted by Crippen LogP contribution is 2.23. The van der Waals surface area contributed by atoms with Crippen LogP contribution in [-0.4, -0.2) is 15.0 Å². The molecule has 0 amide bonds. The van der Waals surface area contributed by atoms with Crippen LogP contribution in [0.3, 0.4) is 0 Å². The second-order valence-corrected chi connectivity index (χ2v) is 7.10. The van der Waals surface area contributed by atoms with Crippen molar-refractivity contribution in [3.8, 4) is 0 Å². The van der Waals surface area contributed by atoms with Crippen molar-refractivity contribution in [3.63, 3.8) is 0 Å². The van der Waals surface area contributed by atoms with Gasteiger partial charge in [0.2, 0.25) is 10.0 Å². The fraction of sp³-hybridized carbons (Fsp3) is 0.467. The Labute approximate surface area is 121 Å². The number of allylic oxidation sites excluding steroid dienone is 1. The smallest absolute Gasteiger partial charge is 0.240 e. The molecule has 5 heteroatoms. The number of nitrogens with two attached hydrogens (primary N) is 1. The molecule has 0 spiro atoms. The van der Waals surface area contributed by atoms with Crippen LogP contribution in [0.1, 0.15) is 36.8 Å². The lowest BCUT2D eigenvalue weighted by molar-refractivity contribution is 0.580. The van der Waals surface area contributed by atoms with E-state index in [0.29, 0.717) is 12.2 Å². The Morgan fingerprint density at radius 2 is 2.05 bits per heavy atom. The van der Waals surface area contributed by atoms with Crippen molar-refractivity contribution < 1.29 is 8.42 Å². The summed E-state index contributed by atoms with van der Waals surface area (Å²) in [5, 5.41) is 0. The van der Waals surface area contributed by atoms with Gasteiger partial charge in [-0.25, -0.2) is 13.1 Å². The first-order valence-electron chi connectivity index (χ1n) is 6.94. The lowest BCUT2D eigenvalue weighted by Gasteiger charge is -2.12. The van der Waals surface area contributed by atoms with E-state index in [1.165, 1.54) is 18.1 Å². The molecule has 1 aliphatic rings. The maximum Gasteiger partial charge on any atom is 0.240 e. The number of nitrogens with one attached hydrogen (secondary N) is 1. The first kappa shape index (κ1) is 15.1. The summed E-state index contributed by atoms with van der Waals surface area (Å²) in [6.07, 6.45) is 6.41. The Balaban J connectivity index is 2.10. The molecule has 1 aliphatic carbocycles. The number of benzene rings is 1. The van der Waals surface area contributed by atoms with E-state index in [2.05, 4.69) is 10.8 Å². The maximum atomic E-state index is 12.3. The fourth-order valence-electron chi connectivity index (χ4n) is 2.52. The van der Waals surface area contributed by atoms with Crippen molar-refractivity contribution in [2.24, 2.45) is 0 Å². The summed E-state index contributed by atoms with van der Waals surface area (Å²) < 4.78 is 27.4. The Kier molecular flexibility index (Phi) is 4.50. The third-order valence-corrected chi connectivity index (χ3v) is 5.39. The number of sulfonamides is 1. The van der Waals surface area contributed by atoms with Crippen molar-refractivity contribution >= 4 is 15.7 Å². The lowest BCUT2D eigenvalue weighted by Crippen LogP contribution is -2.26. The van der Waals surface area contributed by atoms with Crippen LogP contribution >= 0.6 is 0 Å². The van der Waals surface area contributed by atoms with Crippen LogP contribution < -0.4 is 10.5 Å². The molecular formula is C15H22N2O2S. The Morgan fingerprint density at radius 1 is 1.30 bits per heavy atom. The second-order valence-electron chi connectivity index (χ2n) is 5.36. The van der Waals surface area contributed by atoms with E-state index in [4.69, 9.17) is 5.73 Å². The fourth-order valence-corrected chi connectivity index (χ4v) is 3.90. The van der Waals surface area contributed by atoms with Crippen LogP contribution in [0.2, 0.25) is 0 Å². The average molecular weight is 294 g/mol. The molecule has 2 rings (SSSR count). The number of hydrogen-bond donors (Lipinski definition) is 2. The number of hydrogen-bond acceptors (Lipinski definition) is 3. The molecule has 1 aromatic carbocycles. The highest BCUT2D eigenvalue weighted by Gasteiger charge is 2.18. The number of aryl methyl sites for hydroxylation is 1. The van der Waals surface area contributed by atoms with Crippen molar-refractivity contribution in [2.75, 3.05) is 12.3 Å². The van der Waals surface area contributed by atoms with Crippen LogP contribution in [0.4, 0.5) is 5.69 Å². The van der Waals surface area contributed by atoms with E-state index < -0.39 is 10.0 Å². The normalized spacial score (nSPS) is 15.4. The van der Waals surface area contributed by atoms with Crippen LogP contribution in [0.15, 0.2) is 28.7 Å². The van der Waals surface area contributed by atoms with Gasteiger partial charge in [-0.15, -0.1) is 0 Å². The van der Waals surface area contributed by atoms with Gasteiger partial charge < -0.3 is 5.73 Å². The quantitative estimate of drug-likeness (QED) is 0.648. The predicted molar refractivity (Wildman–Crippen MR) is 82.1 cm³/mol. The van der Waals surface area contributed by atoms with E-state index in [9.17, 15) is 8.42 Å². The molecule has 0 radical (unpaired) electrons. The average Bonchev–Trinajstić information content (AvgIpc) is 2.86. The molecule has 0 unspecified atom stereocenters. The van der Waals surface area contributed by atoms with Crippen LogP contribution in [-0.2, 0) is 10.0 Å². The van der Waals surface area contributed by atoms with Crippen LogP contribution in [0.5, 0.6) is 0 Å². The summed E-state index contributed by atoms with van der Waals surface area (Å²) in [6, 6.07) is 3.32. The highest BCUT2D eigenvalue weighted by atomic mass is 32.2. The van der Waals surface area contributed by atoms with Gasteiger partial charge in [-0.2, -0.15) is 0 Å². The number of rotatable bonds is 5. The molecule has 0 aliphatic heterocycles. The van der Waals surface area contributed by atoms with Crippen molar-refractivity contribution in [1.29, 1.82) is 0 Å².